The average Bonchev–Trinajstić information content (AvgIpc) is 2.62. The molecule has 0 bridgehead atoms. The lowest BCUT2D eigenvalue weighted by molar-refractivity contribution is -0.688. The maximum atomic E-state index is 12.2. The molecular weight excluding hydrogens is 336 g/mol. The summed E-state index contributed by atoms with van der Waals surface area (Å²) in [6.45, 7) is 0.721. The Balaban J connectivity index is 1.76. The number of nitrogens with zero attached hydrogens (tertiary/aromatic N) is 2. The SMILES string of the molecule is O=c1oc(-c2cccc(C[n+]3ccccc3)c2)nc2cc(Cl)ccc12. The number of benzene rings is 2. The molecule has 0 spiro atoms. The summed E-state index contributed by atoms with van der Waals surface area (Å²) in [5.41, 5.74) is 1.96. The van der Waals surface area contributed by atoms with E-state index < -0.39 is 5.63 Å². The first-order valence-corrected chi connectivity index (χ1v) is 8.21. The molecule has 0 atom stereocenters. The van der Waals surface area contributed by atoms with Gasteiger partial charge in [0.05, 0.1) is 10.9 Å². The summed E-state index contributed by atoms with van der Waals surface area (Å²) < 4.78 is 7.48. The molecule has 122 valence electrons. The molecule has 2 heterocycles. The van der Waals surface area contributed by atoms with Crippen LogP contribution >= 0.6 is 11.6 Å². The van der Waals surface area contributed by atoms with E-state index in [-0.39, 0.29) is 0 Å². The van der Waals surface area contributed by atoms with Gasteiger partial charge in [0.2, 0.25) is 5.89 Å². The fourth-order valence-corrected chi connectivity index (χ4v) is 2.89. The van der Waals surface area contributed by atoms with Gasteiger partial charge in [0, 0.05) is 28.3 Å². The molecule has 0 aliphatic rings. The molecule has 0 saturated heterocycles. The molecule has 0 aliphatic carbocycles. The monoisotopic (exact) mass is 349 g/mol. The molecule has 0 aliphatic heterocycles. The lowest BCUT2D eigenvalue weighted by atomic mass is 10.1. The second-order valence-corrected chi connectivity index (χ2v) is 6.15. The molecule has 5 heteroatoms. The van der Waals surface area contributed by atoms with E-state index in [2.05, 4.69) is 9.55 Å². The second kappa shape index (κ2) is 6.49. The maximum absolute atomic E-state index is 12.2. The fourth-order valence-electron chi connectivity index (χ4n) is 2.72. The van der Waals surface area contributed by atoms with Gasteiger partial charge in [-0.2, -0.15) is 0 Å². The first-order valence-electron chi connectivity index (χ1n) is 7.83. The zero-order chi connectivity index (χ0) is 17.2. The first-order chi connectivity index (χ1) is 12.2. The molecule has 2 aromatic heterocycles. The molecule has 2 aromatic carbocycles. The molecule has 0 saturated carbocycles. The average molecular weight is 350 g/mol. The number of hydrogen-bond acceptors (Lipinski definition) is 3. The van der Waals surface area contributed by atoms with Crippen LogP contribution in [0.1, 0.15) is 5.56 Å². The summed E-state index contributed by atoms with van der Waals surface area (Å²) in [4.78, 5) is 16.7. The number of hydrogen-bond donors (Lipinski definition) is 0. The van der Waals surface area contributed by atoms with Crippen molar-refractivity contribution in [3.8, 4) is 11.5 Å². The molecule has 4 nitrogen and oxygen atoms in total. The van der Waals surface area contributed by atoms with Crippen LogP contribution in [0.2, 0.25) is 5.02 Å². The van der Waals surface area contributed by atoms with E-state index in [1.807, 2.05) is 54.9 Å². The van der Waals surface area contributed by atoms with Crippen molar-refractivity contribution in [1.82, 2.24) is 4.98 Å². The Bertz CT molecular complexity index is 1110. The topological polar surface area (TPSA) is 47.0 Å². The van der Waals surface area contributed by atoms with Gasteiger partial charge in [0.1, 0.15) is 0 Å². The summed E-state index contributed by atoms with van der Waals surface area (Å²) in [6, 6.07) is 18.7. The van der Waals surface area contributed by atoms with Crippen LogP contribution in [0.25, 0.3) is 22.4 Å². The molecule has 0 N–H and O–H groups in total. The summed E-state index contributed by atoms with van der Waals surface area (Å²) >= 11 is 6.01. The molecule has 25 heavy (non-hydrogen) atoms. The largest absolute Gasteiger partial charge is 0.403 e. The lowest BCUT2D eigenvalue weighted by Crippen LogP contribution is -2.32. The van der Waals surface area contributed by atoms with Crippen LogP contribution in [0.3, 0.4) is 0 Å². The van der Waals surface area contributed by atoms with Crippen molar-refractivity contribution in [3.05, 3.63) is 94.1 Å². The third-order valence-corrected chi connectivity index (χ3v) is 4.14. The standard InChI is InChI=1S/C20H14ClN2O2/c21-16-7-8-17-18(12-16)22-19(25-20(17)24)15-6-4-5-14(11-15)13-23-9-2-1-3-10-23/h1-12H,13H2/q+1. The highest BCUT2D eigenvalue weighted by molar-refractivity contribution is 6.31. The number of aromatic nitrogens is 2. The van der Waals surface area contributed by atoms with Crippen molar-refractivity contribution in [2.45, 2.75) is 6.54 Å². The van der Waals surface area contributed by atoms with Crippen LogP contribution in [0.15, 0.2) is 82.3 Å². The number of fused-ring (bicyclic) bond motifs is 1. The highest BCUT2D eigenvalue weighted by Gasteiger charge is 2.10. The van der Waals surface area contributed by atoms with Crippen molar-refractivity contribution < 1.29 is 8.98 Å². The first kappa shape index (κ1) is 15.5. The van der Waals surface area contributed by atoms with E-state index in [1.54, 1.807) is 18.2 Å². The molecule has 0 fully saturated rings. The van der Waals surface area contributed by atoms with Crippen LogP contribution in [-0.4, -0.2) is 4.98 Å². The predicted octanol–water partition coefficient (Wildman–Crippen LogP) is 3.84. The summed E-state index contributed by atoms with van der Waals surface area (Å²) in [6.07, 6.45) is 4.01. The normalized spacial score (nSPS) is 10.9. The van der Waals surface area contributed by atoms with Gasteiger partial charge in [-0.15, -0.1) is 0 Å². The Labute approximate surface area is 149 Å². The number of pyridine rings is 1. The maximum Gasteiger partial charge on any atom is 0.347 e. The Hall–Kier alpha value is -2.98. The Morgan fingerprint density at radius 2 is 1.84 bits per heavy atom. The third-order valence-electron chi connectivity index (χ3n) is 3.91. The fraction of sp³-hybridized carbons (Fsp3) is 0.0500. The number of halogens is 1. The third kappa shape index (κ3) is 3.30. The van der Waals surface area contributed by atoms with E-state index in [0.717, 1.165) is 17.7 Å². The Kier molecular flexibility index (Phi) is 4.04. The smallest absolute Gasteiger partial charge is 0.347 e. The van der Waals surface area contributed by atoms with Gasteiger partial charge in [0.15, 0.2) is 18.9 Å². The van der Waals surface area contributed by atoms with Gasteiger partial charge in [-0.3, -0.25) is 0 Å². The zero-order valence-corrected chi connectivity index (χ0v) is 14.0. The summed E-state index contributed by atoms with van der Waals surface area (Å²) in [5, 5.41) is 0.954. The van der Waals surface area contributed by atoms with E-state index in [1.165, 1.54) is 0 Å². The second-order valence-electron chi connectivity index (χ2n) is 5.72. The van der Waals surface area contributed by atoms with Crippen molar-refractivity contribution in [3.63, 3.8) is 0 Å². The van der Waals surface area contributed by atoms with Gasteiger partial charge in [-0.1, -0.05) is 29.8 Å². The number of rotatable bonds is 3. The van der Waals surface area contributed by atoms with Crippen LogP contribution in [0.5, 0.6) is 0 Å². The van der Waals surface area contributed by atoms with Crippen molar-refractivity contribution in [2.75, 3.05) is 0 Å². The van der Waals surface area contributed by atoms with Crippen LogP contribution in [0, 0.1) is 0 Å². The van der Waals surface area contributed by atoms with E-state index >= 15 is 0 Å². The van der Waals surface area contributed by atoms with Gasteiger partial charge in [-0.05, 0) is 30.3 Å². The lowest BCUT2D eigenvalue weighted by Gasteiger charge is -2.04. The molecule has 0 radical (unpaired) electrons. The highest BCUT2D eigenvalue weighted by Crippen LogP contribution is 2.21. The van der Waals surface area contributed by atoms with Crippen molar-refractivity contribution >= 4 is 22.5 Å². The summed E-state index contributed by atoms with van der Waals surface area (Å²) in [5.74, 6) is 0.291. The van der Waals surface area contributed by atoms with E-state index in [9.17, 15) is 4.79 Å². The molecule has 0 unspecified atom stereocenters. The quantitative estimate of drug-likeness (QED) is 0.528. The van der Waals surface area contributed by atoms with Crippen LogP contribution in [-0.2, 0) is 6.54 Å². The van der Waals surface area contributed by atoms with E-state index in [0.29, 0.717) is 21.8 Å². The Morgan fingerprint density at radius 1 is 1.00 bits per heavy atom. The van der Waals surface area contributed by atoms with Crippen LogP contribution < -0.4 is 10.2 Å². The predicted molar refractivity (Wildman–Crippen MR) is 96.5 cm³/mol. The molecule has 4 aromatic rings. The molecular formula is C20H14ClN2O2+. The summed E-state index contributed by atoms with van der Waals surface area (Å²) in [7, 11) is 0. The Morgan fingerprint density at radius 3 is 2.68 bits per heavy atom. The van der Waals surface area contributed by atoms with Crippen molar-refractivity contribution in [2.24, 2.45) is 0 Å². The highest BCUT2D eigenvalue weighted by atomic mass is 35.5. The molecule has 4 rings (SSSR count). The van der Waals surface area contributed by atoms with Crippen molar-refractivity contribution in [1.29, 1.82) is 0 Å². The minimum absolute atomic E-state index is 0.291. The van der Waals surface area contributed by atoms with Gasteiger partial charge < -0.3 is 4.42 Å². The van der Waals surface area contributed by atoms with Gasteiger partial charge in [-0.25, -0.2) is 14.3 Å². The minimum atomic E-state index is -0.417. The minimum Gasteiger partial charge on any atom is -0.403 e. The van der Waals surface area contributed by atoms with Gasteiger partial charge in [0.25, 0.3) is 0 Å². The molecule has 0 amide bonds. The van der Waals surface area contributed by atoms with Crippen LogP contribution in [0.4, 0.5) is 0 Å². The zero-order valence-electron chi connectivity index (χ0n) is 13.2. The van der Waals surface area contributed by atoms with E-state index in [4.69, 9.17) is 16.0 Å². The van der Waals surface area contributed by atoms with Gasteiger partial charge >= 0.3 is 5.63 Å².